The van der Waals surface area contributed by atoms with E-state index in [1.165, 1.54) is 16.8 Å². The lowest BCUT2D eigenvalue weighted by atomic mass is 9.86. The highest BCUT2D eigenvalue weighted by molar-refractivity contribution is 5.64. The number of carbonyl (C=O) groups is 1. The van der Waals surface area contributed by atoms with Crippen LogP contribution in [-0.2, 0) is 4.74 Å². The number of hydrogen-bond donors (Lipinski definition) is 2. The molecule has 3 N–H and O–H groups in total. The van der Waals surface area contributed by atoms with Gasteiger partial charge in [0.2, 0.25) is 0 Å². The first-order chi connectivity index (χ1) is 9.54. The Kier molecular flexibility index (Phi) is 4.88. The molecule has 1 amide bonds. The van der Waals surface area contributed by atoms with Crippen LogP contribution in [0.5, 0.6) is 0 Å². The summed E-state index contributed by atoms with van der Waals surface area (Å²) in [7, 11) is 0. The molecule has 0 bridgehead atoms. The minimum absolute atomic E-state index is 0.459. The molecule has 1 saturated carbocycles. The molecule has 1 aliphatic rings. The van der Waals surface area contributed by atoms with E-state index in [9.17, 15) is 4.79 Å². The lowest BCUT2D eigenvalue weighted by Gasteiger charge is -2.29. The number of nitrogens with one attached hydrogen (secondary N) is 1. The zero-order valence-corrected chi connectivity index (χ0v) is 12.3. The Hall–Kier alpha value is -1.71. The van der Waals surface area contributed by atoms with Crippen molar-refractivity contribution in [2.45, 2.75) is 45.6 Å². The number of hydrogen-bond acceptors (Lipinski definition) is 3. The number of primary amides is 1. The van der Waals surface area contributed by atoms with Crippen LogP contribution in [0.4, 0.5) is 10.5 Å². The summed E-state index contributed by atoms with van der Waals surface area (Å²) < 4.78 is 4.88. The van der Waals surface area contributed by atoms with Crippen LogP contribution in [0.2, 0.25) is 0 Å². The van der Waals surface area contributed by atoms with Crippen LogP contribution in [-0.4, -0.2) is 18.7 Å². The van der Waals surface area contributed by atoms with Gasteiger partial charge in [0.15, 0.2) is 0 Å². The summed E-state index contributed by atoms with van der Waals surface area (Å²) in [5.74, 6) is 0.459. The number of anilines is 1. The fourth-order valence-electron chi connectivity index (χ4n) is 2.74. The second-order valence-corrected chi connectivity index (χ2v) is 5.79. The zero-order chi connectivity index (χ0) is 14.5. The van der Waals surface area contributed by atoms with Crippen molar-refractivity contribution in [1.82, 2.24) is 0 Å². The lowest BCUT2D eigenvalue weighted by molar-refractivity contribution is 0.123. The van der Waals surface area contributed by atoms with Gasteiger partial charge in [0.05, 0.1) is 6.61 Å². The van der Waals surface area contributed by atoms with Crippen molar-refractivity contribution in [3.63, 3.8) is 0 Å². The number of benzene rings is 1. The summed E-state index contributed by atoms with van der Waals surface area (Å²) >= 11 is 0. The Balaban J connectivity index is 1.79. The fraction of sp³-hybridized carbons (Fsp3) is 0.562. The molecule has 4 heteroatoms. The first-order valence-electron chi connectivity index (χ1n) is 7.30. The number of carbonyl (C=O) groups excluding carboxylic acids is 1. The van der Waals surface area contributed by atoms with Gasteiger partial charge in [0.25, 0.3) is 0 Å². The van der Waals surface area contributed by atoms with Crippen LogP contribution in [0, 0.1) is 19.8 Å². The van der Waals surface area contributed by atoms with Gasteiger partial charge in [0.1, 0.15) is 0 Å². The van der Waals surface area contributed by atoms with E-state index in [1.807, 2.05) is 0 Å². The summed E-state index contributed by atoms with van der Waals surface area (Å²) in [6.07, 6.45) is 3.71. The minimum Gasteiger partial charge on any atom is -0.449 e. The molecule has 1 aromatic rings. The molecule has 1 aromatic carbocycles. The van der Waals surface area contributed by atoms with Crippen molar-refractivity contribution in [3.05, 3.63) is 29.3 Å². The van der Waals surface area contributed by atoms with E-state index in [-0.39, 0.29) is 0 Å². The number of aryl methyl sites for hydroxylation is 2. The van der Waals surface area contributed by atoms with Gasteiger partial charge in [-0.25, -0.2) is 4.79 Å². The summed E-state index contributed by atoms with van der Waals surface area (Å²) in [5.41, 5.74) is 8.83. The first-order valence-corrected chi connectivity index (χ1v) is 7.30. The second-order valence-electron chi connectivity index (χ2n) is 5.79. The van der Waals surface area contributed by atoms with E-state index in [1.54, 1.807) is 0 Å². The highest BCUT2D eigenvalue weighted by atomic mass is 16.5. The maximum atomic E-state index is 10.6. The van der Waals surface area contributed by atoms with Gasteiger partial charge >= 0.3 is 6.09 Å². The highest BCUT2D eigenvalue weighted by Gasteiger charge is 2.21. The molecule has 0 aliphatic heterocycles. The maximum Gasteiger partial charge on any atom is 0.404 e. The molecule has 0 aromatic heterocycles. The number of amides is 1. The van der Waals surface area contributed by atoms with Crippen LogP contribution in [0.25, 0.3) is 0 Å². The average molecular weight is 276 g/mol. The summed E-state index contributed by atoms with van der Waals surface area (Å²) in [4.78, 5) is 10.6. The molecule has 0 heterocycles. The highest BCUT2D eigenvalue weighted by Crippen LogP contribution is 2.27. The summed E-state index contributed by atoms with van der Waals surface area (Å²) in [6.45, 7) is 4.73. The van der Waals surface area contributed by atoms with E-state index < -0.39 is 6.09 Å². The van der Waals surface area contributed by atoms with E-state index >= 15 is 0 Å². The van der Waals surface area contributed by atoms with Crippen LogP contribution < -0.4 is 11.1 Å². The predicted molar refractivity (Wildman–Crippen MR) is 80.8 cm³/mol. The van der Waals surface area contributed by atoms with Crippen molar-refractivity contribution in [3.8, 4) is 0 Å². The molecule has 0 radical (unpaired) electrons. The first kappa shape index (κ1) is 14.7. The molecule has 20 heavy (non-hydrogen) atoms. The molecule has 1 aliphatic carbocycles. The Labute approximate surface area is 120 Å². The molecule has 0 unspecified atom stereocenters. The van der Waals surface area contributed by atoms with Crippen LogP contribution in [0.1, 0.15) is 36.8 Å². The molecule has 4 nitrogen and oxygen atoms in total. The van der Waals surface area contributed by atoms with Gasteiger partial charge in [0, 0.05) is 11.7 Å². The van der Waals surface area contributed by atoms with Gasteiger partial charge in [-0.05, 0) is 68.7 Å². The van der Waals surface area contributed by atoms with E-state index in [0.29, 0.717) is 18.6 Å². The van der Waals surface area contributed by atoms with Gasteiger partial charge in [-0.15, -0.1) is 0 Å². The normalized spacial score (nSPS) is 22.3. The van der Waals surface area contributed by atoms with Crippen molar-refractivity contribution >= 4 is 11.8 Å². The third-order valence-corrected chi connectivity index (χ3v) is 4.19. The quantitative estimate of drug-likeness (QED) is 0.886. The van der Waals surface area contributed by atoms with Crippen molar-refractivity contribution in [1.29, 1.82) is 0 Å². The zero-order valence-electron chi connectivity index (χ0n) is 12.3. The third-order valence-electron chi connectivity index (χ3n) is 4.19. The molecular weight excluding hydrogens is 252 g/mol. The maximum absolute atomic E-state index is 10.6. The van der Waals surface area contributed by atoms with Crippen molar-refractivity contribution < 1.29 is 9.53 Å². The van der Waals surface area contributed by atoms with Crippen molar-refractivity contribution in [2.24, 2.45) is 11.7 Å². The Bertz CT molecular complexity index is 466. The van der Waals surface area contributed by atoms with E-state index in [0.717, 1.165) is 25.7 Å². The van der Waals surface area contributed by atoms with Crippen LogP contribution in [0.15, 0.2) is 18.2 Å². The van der Waals surface area contributed by atoms with Gasteiger partial charge in [-0.1, -0.05) is 6.07 Å². The average Bonchev–Trinajstić information content (AvgIpc) is 2.42. The van der Waals surface area contributed by atoms with Gasteiger partial charge < -0.3 is 15.8 Å². The number of nitrogens with two attached hydrogens (primary N) is 1. The van der Waals surface area contributed by atoms with Crippen LogP contribution in [0.3, 0.4) is 0 Å². The van der Waals surface area contributed by atoms with Crippen molar-refractivity contribution in [2.75, 3.05) is 11.9 Å². The largest absolute Gasteiger partial charge is 0.449 e. The number of rotatable bonds is 4. The smallest absolute Gasteiger partial charge is 0.404 e. The molecule has 1 fully saturated rings. The fourth-order valence-corrected chi connectivity index (χ4v) is 2.74. The van der Waals surface area contributed by atoms with Gasteiger partial charge in [-0.3, -0.25) is 0 Å². The SMILES string of the molecule is Cc1ccc(NC2CCC(COC(N)=O)CC2)cc1C. The molecule has 0 spiro atoms. The minimum atomic E-state index is -0.666. The summed E-state index contributed by atoms with van der Waals surface area (Å²) in [6, 6.07) is 7.02. The lowest BCUT2D eigenvalue weighted by Crippen LogP contribution is -2.29. The second kappa shape index (κ2) is 6.64. The topological polar surface area (TPSA) is 64.3 Å². The van der Waals surface area contributed by atoms with E-state index in [2.05, 4.69) is 37.4 Å². The Morgan fingerprint density at radius 2 is 1.95 bits per heavy atom. The number of ether oxygens (including phenoxy) is 1. The predicted octanol–water partition coefficient (Wildman–Crippen LogP) is 3.37. The molecule has 0 saturated heterocycles. The molecule has 0 atom stereocenters. The molecule has 110 valence electrons. The third kappa shape index (κ3) is 4.15. The van der Waals surface area contributed by atoms with Crippen LogP contribution >= 0.6 is 0 Å². The standard InChI is InChI=1S/C16H24N2O2/c1-11-3-6-15(9-12(11)2)18-14-7-4-13(5-8-14)10-20-16(17)19/h3,6,9,13-14,18H,4-5,7-8,10H2,1-2H3,(H2,17,19). The molecular formula is C16H24N2O2. The monoisotopic (exact) mass is 276 g/mol. The van der Waals surface area contributed by atoms with E-state index in [4.69, 9.17) is 10.5 Å². The Morgan fingerprint density at radius 1 is 1.25 bits per heavy atom. The summed E-state index contributed by atoms with van der Waals surface area (Å²) in [5, 5.41) is 3.60. The van der Waals surface area contributed by atoms with Gasteiger partial charge in [-0.2, -0.15) is 0 Å². The Morgan fingerprint density at radius 3 is 2.55 bits per heavy atom. The molecule has 2 rings (SSSR count).